The van der Waals surface area contributed by atoms with Crippen molar-refractivity contribution < 1.29 is 9.53 Å². The molecule has 2 rings (SSSR count). The van der Waals surface area contributed by atoms with Gasteiger partial charge >= 0.3 is 0 Å². The molecule has 0 saturated heterocycles. The topological polar surface area (TPSA) is 71.9 Å². The Labute approximate surface area is 152 Å². The molecule has 124 valence electrons. The van der Waals surface area contributed by atoms with Gasteiger partial charge in [-0.2, -0.15) is 5.10 Å². The zero-order chi connectivity index (χ0) is 17.0. The molecule has 0 fully saturated rings. The van der Waals surface area contributed by atoms with E-state index in [0.717, 1.165) is 0 Å². The van der Waals surface area contributed by atoms with Gasteiger partial charge in [-0.1, -0.05) is 11.6 Å². The van der Waals surface area contributed by atoms with E-state index in [1.165, 1.54) is 0 Å². The zero-order valence-electron chi connectivity index (χ0n) is 12.6. The lowest BCUT2D eigenvalue weighted by molar-refractivity contribution is -0.127. The van der Waals surface area contributed by atoms with Gasteiger partial charge < -0.3 is 14.6 Å². The molecule has 2 N–H and O–H groups in total. The van der Waals surface area contributed by atoms with E-state index >= 15 is 0 Å². The van der Waals surface area contributed by atoms with Gasteiger partial charge in [0.15, 0.2) is 16.7 Å². The minimum atomic E-state index is -0.663. The van der Waals surface area contributed by atoms with Gasteiger partial charge in [-0.25, -0.2) is 0 Å². The number of hydrogen-bond donors (Lipinski definition) is 2. The zero-order valence-corrected chi connectivity index (χ0v) is 15.8. The van der Waals surface area contributed by atoms with E-state index in [1.54, 1.807) is 25.1 Å². The smallest absolute Gasteiger partial charge is 0.261 e. The summed E-state index contributed by atoms with van der Waals surface area (Å²) in [7, 11) is 0. The highest BCUT2D eigenvalue weighted by atomic mass is 79.9. The average Bonchev–Trinajstić information content (AvgIpc) is 2.87. The molecule has 2 aromatic rings. The molecule has 0 spiro atoms. The lowest BCUT2D eigenvalue weighted by Gasteiger charge is -2.15. The number of carbonyl (C=O) groups excluding carboxylic acids is 1. The lowest BCUT2D eigenvalue weighted by atomic mass is 10.3. The Balaban J connectivity index is 1.96. The third-order valence-corrected chi connectivity index (χ3v) is 4.31. The third-order valence-electron chi connectivity index (χ3n) is 3.14. The number of halogens is 2. The van der Waals surface area contributed by atoms with Crippen LogP contribution in [0.2, 0.25) is 5.02 Å². The highest BCUT2D eigenvalue weighted by molar-refractivity contribution is 9.10. The maximum absolute atomic E-state index is 12.2. The number of nitrogens with one attached hydrogen (secondary N) is 2. The van der Waals surface area contributed by atoms with Crippen molar-refractivity contribution in [3.05, 3.63) is 38.3 Å². The van der Waals surface area contributed by atoms with Crippen molar-refractivity contribution in [3.8, 4) is 5.75 Å². The Morgan fingerprint density at radius 1 is 1.61 bits per heavy atom. The molecule has 0 aliphatic heterocycles. The summed E-state index contributed by atoms with van der Waals surface area (Å²) in [6.45, 7) is 4.59. The van der Waals surface area contributed by atoms with Crippen molar-refractivity contribution in [2.45, 2.75) is 33.0 Å². The lowest BCUT2D eigenvalue weighted by Crippen LogP contribution is -2.36. The fourth-order valence-electron chi connectivity index (χ4n) is 1.94. The molecular weight excluding hydrogens is 404 g/mol. The number of aromatic nitrogens is 3. The van der Waals surface area contributed by atoms with Crippen molar-refractivity contribution >= 4 is 45.7 Å². The summed E-state index contributed by atoms with van der Waals surface area (Å²) in [6, 6.07) is 5.12. The number of aromatic amines is 1. The first-order chi connectivity index (χ1) is 10.9. The fraction of sp³-hybridized carbons (Fsp3) is 0.357. The number of hydrogen-bond acceptors (Lipinski definition) is 4. The Kier molecular flexibility index (Phi) is 6.20. The number of ether oxygens (including phenoxy) is 1. The molecular formula is C14H16BrClN4O2S. The summed E-state index contributed by atoms with van der Waals surface area (Å²) in [5.74, 6) is 0.974. The molecule has 0 aliphatic rings. The molecule has 6 nitrogen and oxygen atoms in total. The van der Waals surface area contributed by atoms with Crippen LogP contribution in [0.1, 0.15) is 19.7 Å². The van der Waals surface area contributed by atoms with Crippen LogP contribution in [-0.2, 0) is 17.9 Å². The van der Waals surface area contributed by atoms with Crippen molar-refractivity contribution in [2.24, 2.45) is 0 Å². The Morgan fingerprint density at radius 3 is 3.00 bits per heavy atom. The van der Waals surface area contributed by atoms with Gasteiger partial charge in [-0.15, -0.1) is 0 Å². The van der Waals surface area contributed by atoms with Crippen molar-refractivity contribution in [3.63, 3.8) is 0 Å². The van der Waals surface area contributed by atoms with E-state index in [1.807, 2.05) is 11.5 Å². The summed E-state index contributed by atoms with van der Waals surface area (Å²) < 4.78 is 8.68. The van der Waals surface area contributed by atoms with Crippen LogP contribution >= 0.6 is 39.7 Å². The molecule has 1 aromatic carbocycles. The molecule has 23 heavy (non-hydrogen) atoms. The van der Waals surface area contributed by atoms with E-state index in [9.17, 15) is 4.79 Å². The fourth-order valence-corrected chi connectivity index (χ4v) is 2.99. The summed E-state index contributed by atoms with van der Waals surface area (Å²) in [5, 5.41) is 10.2. The Bertz CT molecular complexity index is 761. The summed E-state index contributed by atoms with van der Waals surface area (Å²) in [6.07, 6.45) is -0.663. The van der Waals surface area contributed by atoms with Crippen LogP contribution in [0.5, 0.6) is 5.75 Å². The minimum Gasteiger partial charge on any atom is -0.480 e. The quantitative estimate of drug-likeness (QED) is 0.703. The molecule has 0 bridgehead atoms. The normalized spacial score (nSPS) is 12.0. The van der Waals surface area contributed by atoms with Crippen molar-refractivity contribution in [1.29, 1.82) is 0 Å². The number of carbonyl (C=O) groups is 1. The standard InChI is InChI=1S/C14H16BrClN4O2S/c1-3-20-12(18-19-14(20)23)7-17-13(21)8(2)22-11-5-4-9(16)6-10(11)15/h4-6,8H,3,7H2,1-2H3,(H,17,21)(H,19,23). The molecule has 0 radical (unpaired) electrons. The Morgan fingerprint density at radius 2 is 2.35 bits per heavy atom. The molecule has 1 aromatic heterocycles. The predicted molar refractivity (Wildman–Crippen MR) is 94.2 cm³/mol. The van der Waals surface area contributed by atoms with E-state index in [0.29, 0.717) is 32.4 Å². The number of amides is 1. The van der Waals surface area contributed by atoms with Gasteiger partial charge in [0.1, 0.15) is 5.75 Å². The van der Waals surface area contributed by atoms with Crippen molar-refractivity contribution in [1.82, 2.24) is 20.1 Å². The van der Waals surface area contributed by atoms with Crippen LogP contribution in [-0.4, -0.2) is 26.8 Å². The van der Waals surface area contributed by atoms with Crippen LogP contribution in [0.25, 0.3) is 0 Å². The molecule has 9 heteroatoms. The number of H-pyrrole nitrogens is 1. The Hall–Kier alpha value is -1.38. The molecule has 1 heterocycles. The van der Waals surface area contributed by atoms with Gasteiger partial charge in [0.25, 0.3) is 5.91 Å². The first-order valence-corrected chi connectivity index (χ1v) is 8.53. The van der Waals surface area contributed by atoms with E-state index < -0.39 is 6.10 Å². The minimum absolute atomic E-state index is 0.247. The number of nitrogens with zero attached hydrogens (tertiary/aromatic N) is 2. The maximum atomic E-state index is 12.2. The van der Waals surface area contributed by atoms with Crippen LogP contribution < -0.4 is 10.1 Å². The first-order valence-electron chi connectivity index (χ1n) is 6.95. The second-order valence-corrected chi connectivity index (χ2v) is 6.42. The van der Waals surface area contributed by atoms with Crippen LogP contribution in [0, 0.1) is 4.77 Å². The van der Waals surface area contributed by atoms with Gasteiger partial charge in [-0.05, 0) is 60.2 Å². The number of benzene rings is 1. The predicted octanol–water partition coefficient (Wildman–Crippen LogP) is 3.46. The van der Waals surface area contributed by atoms with E-state index in [-0.39, 0.29) is 12.5 Å². The molecule has 1 atom stereocenters. The maximum Gasteiger partial charge on any atom is 0.261 e. The highest BCUT2D eigenvalue weighted by Crippen LogP contribution is 2.28. The molecule has 1 unspecified atom stereocenters. The van der Waals surface area contributed by atoms with Crippen LogP contribution in [0.15, 0.2) is 22.7 Å². The second kappa shape index (κ2) is 7.94. The molecule has 1 amide bonds. The van der Waals surface area contributed by atoms with Crippen molar-refractivity contribution in [2.75, 3.05) is 0 Å². The second-order valence-electron chi connectivity index (χ2n) is 4.74. The monoisotopic (exact) mass is 418 g/mol. The van der Waals surface area contributed by atoms with Gasteiger partial charge in [0, 0.05) is 11.6 Å². The van der Waals surface area contributed by atoms with E-state index in [4.69, 9.17) is 28.6 Å². The van der Waals surface area contributed by atoms with Gasteiger partial charge in [0.2, 0.25) is 0 Å². The van der Waals surface area contributed by atoms with E-state index in [2.05, 4.69) is 31.4 Å². The molecule has 0 aliphatic carbocycles. The third kappa shape index (κ3) is 4.55. The SMILES string of the molecule is CCn1c(CNC(=O)C(C)Oc2ccc(Cl)cc2Br)n[nH]c1=S. The summed E-state index contributed by atoms with van der Waals surface area (Å²) in [4.78, 5) is 12.2. The first kappa shape index (κ1) is 18.0. The average molecular weight is 420 g/mol. The summed E-state index contributed by atoms with van der Waals surface area (Å²) >= 11 is 14.3. The summed E-state index contributed by atoms with van der Waals surface area (Å²) in [5.41, 5.74) is 0. The van der Waals surface area contributed by atoms with Crippen LogP contribution in [0.3, 0.4) is 0 Å². The van der Waals surface area contributed by atoms with Crippen LogP contribution in [0.4, 0.5) is 0 Å². The largest absolute Gasteiger partial charge is 0.480 e. The number of rotatable bonds is 6. The van der Waals surface area contributed by atoms with Gasteiger partial charge in [-0.3, -0.25) is 9.89 Å². The highest BCUT2D eigenvalue weighted by Gasteiger charge is 2.17. The molecule has 0 saturated carbocycles. The van der Waals surface area contributed by atoms with Gasteiger partial charge in [0.05, 0.1) is 11.0 Å².